The van der Waals surface area contributed by atoms with Crippen LogP contribution in [0, 0.1) is 0 Å². The molecule has 1 saturated heterocycles. The molecule has 138 valence electrons. The third kappa shape index (κ3) is 2.97. The molecule has 4 nitrogen and oxygen atoms in total. The van der Waals surface area contributed by atoms with E-state index < -0.39 is 10.0 Å². The molecule has 0 N–H and O–H groups in total. The zero-order chi connectivity index (χ0) is 18.3. The number of sulfonamides is 1. The van der Waals surface area contributed by atoms with Crippen LogP contribution in [0.2, 0.25) is 5.02 Å². The number of likely N-dealkylation sites (N-methyl/N-ethyl adjacent to an activating group) is 1. The first kappa shape index (κ1) is 18.0. The van der Waals surface area contributed by atoms with Crippen molar-refractivity contribution in [3.05, 3.63) is 64.7 Å². The summed E-state index contributed by atoms with van der Waals surface area (Å²) < 4.78 is 28.7. The summed E-state index contributed by atoms with van der Waals surface area (Å²) in [6.45, 7) is 1.49. The summed E-state index contributed by atoms with van der Waals surface area (Å²) in [5.41, 5.74) is 2.39. The first-order valence-electron chi connectivity index (χ1n) is 9.04. The molecule has 0 aromatic heterocycles. The minimum atomic E-state index is -3.67. The predicted octanol–water partition coefficient (Wildman–Crippen LogP) is 3.72. The molecule has 2 aliphatic rings. The summed E-state index contributed by atoms with van der Waals surface area (Å²) in [6.07, 6.45) is 2.83. The van der Waals surface area contributed by atoms with E-state index in [1.807, 2.05) is 12.1 Å². The number of fused-ring (bicyclic) bond motifs is 1. The Hall–Kier alpha value is -1.40. The van der Waals surface area contributed by atoms with E-state index >= 15 is 0 Å². The summed E-state index contributed by atoms with van der Waals surface area (Å²) in [7, 11) is -1.58. The molecule has 26 heavy (non-hydrogen) atoms. The molecule has 0 spiro atoms. The van der Waals surface area contributed by atoms with Crippen molar-refractivity contribution in [2.24, 2.45) is 0 Å². The van der Waals surface area contributed by atoms with Crippen LogP contribution in [0.5, 0.6) is 0 Å². The highest BCUT2D eigenvalue weighted by atomic mass is 35.5. The lowest BCUT2D eigenvalue weighted by Crippen LogP contribution is -2.48. The van der Waals surface area contributed by atoms with Crippen LogP contribution in [-0.4, -0.2) is 43.8 Å². The van der Waals surface area contributed by atoms with E-state index in [2.05, 4.69) is 24.1 Å². The number of halogens is 1. The Labute approximate surface area is 160 Å². The van der Waals surface area contributed by atoms with E-state index in [1.165, 1.54) is 5.56 Å². The van der Waals surface area contributed by atoms with Crippen LogP contribution >= 0.6 is 11.6 Å². The Kier molecular flexibility index (Phi) is 4.82. The molecule has 2 aromatic carbocycles. The molecule has 2 aromatic rings. The number of hydrogen-bond acceptors (Lipinski definition) is 3. The van der Waals surface area contributed by atoms with Crippen molar-refractivity contribution in [2.45, 2.75) is 36.2 Å². The number of benzene rings is 2. The molecule has 0 amide bonds. The van der Waals surface area contributed by atoms with Crippen molar-refractivity contribution in [3.63, 3.8) is 0 Å². The SMILES string of the molecule is CN1CCCC1C1c2ccccc2CCN1S(=O)(=O)c1ccccc1Cl. The van der Waals surface area contributed by atoms with Crippen LogP contribution < -0.4 is 0 Å². The van der Waals surface area contributed by atoms with Gasteiger partial charge >= 0.3 is 0 Å². The fourth-order valence-electron chi connectivity index (χ4n) is 4.36. The van der Waals surface area contributed by atoms with Crippen molar-refractivity contribution in [2.75, 3.05) is 20.1 Å². The third-order valence-electron chi connectivity index (χ3n) is 5.65. The highest BCUT2D eigenvalue weighted by molar-refractivity contribution is 7.89. The molecule has 2 unspecified atom stereocenters. The standard InChI is InChI=1S/C20H23ClN2O2S/c1-22-13-6-10-18(22)20-16-8-3-2-7-15(16)12-14-23(20)26(24,25)19-11-5-4-9-17(19)21/h2-5,7-9,11,18,20H,6,10,12-14H2,1H3. The van der Waals surface area contributed by atoms with Crippen LogP contribution in [0.15, 0.2) is 53.4 Å². The quantitative estimate of drug-likeness (QED) is 0.801. The molecule has 2 atom stereocenters. The van der Waals surface area contributed by atoms with Gasteiger partial charge in [-0.05, 0) is 56.1 Å². The van der Waals surface area contributed by atoms with E-state index in [1.54, 1.807) is 28.6 Å². The highest BCUT2D eigenvalue weighted by Crippen LogP contribution is 2.41. The number of nitrogens with zero attached hydrogens (tertiary/aromatic N) is 2. The first-order chi connectivity index (χ1) is 12.5. The Balaban J connectivity index is 1.83. The van der Waals surface area contributed by atoms with Gasteiger partial charge in [-0.2, -0.15) is 4.31 Å². The van der Waals surface area contributed by atoms with E-state index in [9.17, 15) is 8.42 Å². The predicted molar refractivity (Wildman–Crippen MR) is 104 cm³/mol. The van der Waals surface area contributed by atoms with E-state index in [-0.39, 0.29) is 22.0 Å². The highest BCUT2D eigenvalue weighted by Gasteiger charge is 2.43. The normalized spacial score (nSPS) is 24.5. The van der Waals surface area contributed by atoms with Gasteiger partial charge < -0.3 is 4.90 Å². The zero-order valence-electron chi connectivity index (χ0n) is 14.8. The molecular formula is C20H23ClN2O2S. The Morgan fingerprint density at radius 2 is 1.77 bits per heavy atom. The summed E-state index contributed by atoms with van der Waals surface area (Å²) in [5, 5.41) is 0.282. The van der Waals surface area contributed by atoms with Gasteiger partial charge in [0.05, 0.1) is 11.1 Å². The fourth-order valence-corrected chi connectivity index (χ4v) is 6.49. The van der Waals surface area contributed by atoms with Crippen LogP contribution in [-0.2, 0) is 16.4 Å². The Bertz CT molecular complexity index is 916. The summed E-state index contributed by atoms with van der Waals surface area (Å²) in [4.78, 5) is 2.49. The van der Waals surface area contributed by atoms with Crippen molar-refractivity contribution in [1.82, 2.24) is 9.21 Å². The van der Waals surface area contributed by atoms with Crippen molar-refractivity contribution in [1.29, 1.82) is 0 Å². The van der Waals surface area contributed by atoms with E-state index in [0.717, 1.165) is 31.4 Å². The fraction of sp³-hybridized carbons (Fsp3) is 0.400. The van der Waals surface area contributed by atoms with E-state index in [4.69, 9.17) is 11.6 Å². The van der Waals surface area contributed by atoms with Gasteiger partial charge in [0.2, 0.25) is 10.0 Å². The lowest BCUT2D eigenvalue weighted by molar-refractivity contribution is 0.175. The zero-order valence-corrected chi connectivity index (χ0v) is 16.4. The first-order valence-corrected chi connectivity index (χ1v) is 10.9. The number of rotatable bonds is 3. The van der Waals surface area contributed by atoms with Crippen molar-refractivity contribution in [3.8, 4) is 0 Å². The lowest BCUT2D eigenvalue weighted by atomic mass is 9.89. The third-order valence-corrected chi connectivity index (χ3v) is 8.03. The van der Waals surface area contributed by atoms with E-state index in [0.29, 0.717) is 6.54 Å². The molecule has 4 rings (SSSR count). The van der Waals surface area contributed by atoms with Gasteiger partial charge in [0.1, 0.15) is 4.90 Å². The second-order valence-corrected chi connectivity index (χ2v) is 9.40. The summed E-state index contributed by atoms with van der Waals surface area (Å²) in [6, 6.07) is 15.0. The maximum atomic E-state index is 13.5. The van der Waals surface area contributed by atoms with Crippen LogP contribution in [0.3, 0.4) is 0 Å². The van der Waals surface area contributed by atoms with Gasteiger partial charge in [0.25, 0.3) is 0 Å². The number of hydrogen-bond donors (Lipinski definition) is 0. The van der Waals surface area contributed by atoms with Gasteiger partial charge in [-0.25, -0.2) is 8.42 Å². The molecule has 2 heterocycles. The van der Waals surface area contributed by atoms with Gasteiger partial charge in [0, 0.05) is 12.6 Å². The lowest BCUT2D eigenvalue weighted by Gasteiger charge is -2.41. The molecule has 0 radical (unpaired) electrons. The minimum absolute atomic E-state index is 0.172. The van der Waals surface area contributed by atoms with Crippen LogP contribution in [0.25, 0.3) is 0 Å². The minimum Gasteiger partial charge on any atom is -0.301 e. The topological polar surface area (TPSA) is 40.6 Å². The van der Waals surface area contributed by atoms with Gasteiger partial charge in [-0.15, -0.1) is 0 Å². The molecule has 2 aliphatic heterocycles. The number of likely N-dealkylation sites (tertiary alicyclic amines) is 1. The average Bonchev–Trinajstić information content (AvgIpc) is 3.06. The van der Waals surface area contributed by atoms with Crippen LogP contribution in [0.1, 0.15) is 30.0 Å². The van der Waals surface area contributed by atoms with Crippen LogP contribution in [0.4, 0.5) is 0 Å². The van der Waals surface area contributed by atoms with Gasteiger partial charge in [-0.1, -0.05) is 48.0 Å². The maximum absolute atomic E-state index is 13.5. The molecule has 0 saturated carbocycles. The van der Waals surface area contributed by atoms with Crippen molar-refractivity contribution >= 4 is 21.6 Å². The molecule has 0 bridgehead atoms. The molecule has 1 fully saturated rings. The van der Waals surface area contributed by atoms with Gasteiger partial charge in [-0.3, -0.25) is 0 Å². The van der Waals surface area contributed by atoms with Crippen molar-refractivity contribution < 1.29 is 8.42 Å². The smallest absolute Gasteiger partial charge is 0.245 e. The largest absolute Gasteiger partial charge is 0.301 e. The Morgan fingerprint density at radius 1 is 1.04 bits per heavy atom. The summed E-state index contributed by atoms with van der Waals surface area (Å²) >= 11 is 6.25. The second kappa shape index (κ2) is 6.97. The van der Waals surface area contributed by atoms with Gasteiger partial charge in [0.15, 0.2) is 0 Å². The average molecular weight is 391 g/mol. The molecular weight excluding hydrogens is 368 g/mol. The second-order valence-electron chi connectivity index (χ2n) is 7.13. The Morgan fingerprint density at radius 3 is 2.50 bits per heavy atom. The maximum Gasteiger partial charge on any atom is 0.245 e. The summed E-state index contributed by atoms with van der Waals surface area (Å²) in [5.74, 6) is 0. The molecule has 0 aliphatic carbocycles. The monoisotopic (exact) mass is 390 g/mol. The molecule has 6 heteroatoms.